The zero-order valence-electron chi connectivity index (χ0n) is 8.55. The Balaban J connectivity index is 4.30. The summed E-state index contributed by atoms with van der Waals surface area (Å²) >= 11 is 0. The lowest BCUT2D eigenvalue weighted by atomic mass is 9.90. The van der Waals surface area contributed by atoms with Crippen LogP contribution in [0.15, 0.2) is 0 Å². The fourth-order valence-corrected chi connectivity index (χ4v) is 0.758. The Morgan fingerprint density at radius 1 is 1.69 bits per heavy atom. The number of hydrogen-bond donors (Lipinski definition) is 1. The molecule has 0 rings (SSSR count). The second-order valence-electron chi connectivity index (χ2n) is 3.45. The maximum Gasteiger partial charge on any atom is 0.247 e. The highest BCUT2D eigenvalue weighted by atomic mass is 16.5. The predicted molar refractivity (Wildman–Crippen MR) is 48.9 cm³/mol. The van der Waals surface area contributed by atoms with Gasteiger partial charge in [-0.3, -0.25) is 4.79 Å². The first kappa shape index (κ1) is 11.9. The molecule has 0 aromatic heterocycles. The summed E-state index contributed by atoms with van der Waals surface area (Å²) in [5.41, 5.74) is -0.810. The molecule has 0 aliphatic carbocycles. The number of rotatable bonds is 4. The monoisotopic (exact) mass is 184 g/mol. The number of nitrogens with one attached hydrogen (secondary N) is 1. The van der Waals surface area contributed by atoms with Gasteiger partial charge in [-0.2, -0.15) is 5.26 Å². The zero-order chi connectivity index (χ0) is 10.5. The van der Waals surface area contributed by atoms with E-state index >= 15 is 0 Å². The van der Waals surface area contributed by atoms with Gasteiger partial charge in [0.25, 0.3) is 0 Å². The zero-order valence-corrected chi connectivity index (χ0v) is 8.55. The van der Waals surface area contributed by atoms with E-state index in [0.29, 0.717) is 0 Å². The Hall–Kier alpha value is -1.08. The van der Waals surface area contributed by atoms with E-state index in [0.717, 1.165) is 0 Å². The predicted octanol–water partition coefficient (Wildman–Crippen LogP) is 0.687. The highest BCUT2D eigenvalue weighted by Gasteiger charge is 2.29. The number of nitrogens with zero attached hydrogens (tertiary/aromatic N) is 1. The van der Waals surface area contributed by atoms with Crippen molar-refractivity contribution in [3.05, 3.63) is 0 Å². The summed E-state index contributed by atoms with van der Waals surface area (Å²) in [7, 11) is 1.44. The lowest BCUT2D eigenvalue weighted by Crippen LogP contribution is -2.49. The Kier molecular flexibility index (Phi) is 4.43. The van der Waals surface area contributed by atoms with Crippen LogP contribution in [-0.4, -0.2) is 25.2 Å². The highest BCUT2D eigenvalue weighted by molar-refractivity contribution is 5.78. The molecule has 0 spiro atoms. The lowest BCUT2D eigenvalue weighted by molar-refractivity contribution is -0.126. The third kappa shape index (κ3) is 3.43. The number of methoxy groups -OCH3 is 1. The Labute approximate surface area is 78.9 Å². The first-order chi connectivity index (χ1) is 5.96. The molecule has 0 saturated carbocycles. The second-order valence-corrected chi connectivity index (χ2v) is 3.45. The Bertz CT molecular complexity index is 220. The van der Waals surface area contributed by atoms with Crippen LogP contribution in [0.25, 0.3) is 0 Å². The lowest BCUT2D eigenvalue weighted by Gasteiger charge is -2.26. The minimum atomic E-state index is -0.810. The van der Waals surface area contributed by atoms with Gasteiger partial charge in [-0.15, -0.1) is 0 Å². The molecule has 0 saturated heterocycles. The maximum atomic E-state index is 11.1. The largest absolute Gasteiger partial charge is 0.375 e. The molecule has 1 N–H and O–H groups in total. The van der Waals surface area contributed by atoms with E-state index in [2.05, 4.69) is 16.1 Å². The number of carbonyl (C=O) groups is 1. The summed E-state index contributed by atoms with van der Waals surface area (Å²) < 4.78 is 4.65. The maximum absolute atomic E-state index is 11.1. The smallest absolute Gasteiger partial charge is 0.247 e. The van der Waals surface area contributed by atoms with E-state index < -0.39 is 5.54 Å². The summed E-state index contributed by atoms with van der Waals surface area (Å²) in [4.78, 5) is 11.1. The summed E-state index contributed by atoms with van der Waals surface area (Å²) in [6.45, 7) is 5.46. The standard InChI is InChI=1S/C9H16N2O2/c1-7(2)9(3,6-10)11-8(12)5-13-4/h7H,5H2,1-4H3,(H,11,12). The van der Waals surface area contributed by atoms with Crippen LogP contribution in [0.3, 0.4) is 0 Å². The summed E-state index contributed by atoms with van der Waals surface area (Å²) in [6, 6.07) is 2.08. The Morgan fingerprint density at radius 2 is 2.23 bits per heavy atom. The molecule has 1 amide bonds. The van der Waals surface area contributed by atoms with Crippen LogP contribution >= 0.6 is 0 Å². The molecule has 0 aromatic rings. The molecule has 0 bridgehead atoms. The molecule has 13 heavy (non-hydrogen) atoms. The van der Waals surface area contributed by atoms with E-state index in [-0.39, 0.29) is 18.4 Å². The van der Waals surface area contributed by atoms with E-state index in [9.17, 15) is 4.79 Å². The number of nitriles is 1. The molecule has 1 unspecified atom stereocenters. The van der Waals surface area contributed by atoms with Crippen LogP contribution in [-0.2, 0) is 9.53 Å². The second kappa shape index (κ2) is 4.83. The average Bonchev–Trinajstić information content (AvgIpc) is 2.04. The summed E-state index contributed by atoms with van der Waals surface area (Å²) in [5.74, 6) is -0.196. The first-order valence-electron chi connectivity index (χ1n) is 4.17. The average molecular weight is 184 g/mol. The minimum absolute atomic E-state index is 0.00993. The van der Waals surface area contributed by atoms with Crippen molar-refractivity contribution in [3.63, 3.8) is 0 Å². The van der Waals surface area contributed by atoms with Crippen molar-refractivity contribution in [1.29, 1.82) is 5.26 Å². The van der Waals surface area contributed by atoms with Gasteiger partial charge in [-0.05, 0) is 12.8 Å². The highest BCUT2D eigenvalue weighted by Crippen LogP contribution is 2.14. The molecule has 0 heterocycles. The molecule has 74 valence electrons. The van der Waals surface area contributed by atoms with Gasteiger partial charge < -0.3 is 10.1 Å². The van der Waals surface area contributed by atoms with Crippen molar-refractivity contribution in [2.24, 2.45) is 5.92 Å². The van der Waals surface area contributed by atoms with E-state index in [1.54, 1.807) is 6.92 Å². The molecule has 4 heteroatoms. The molecule has 0 fully saturated rings. The minimum Gasteiger partial charge on any atom is -0.375 e. The van der Waals surface area contributed by atoms with Gasteiger partial charge in [0.2, 0.25) is 5.91 Å². The van der Waals surface area contributed by atoms with Crippen molar-refractivity contribution < 1.29 is 9.53 Å². The van der Waals surface area contributed by atoms with E-state index in [1.165, 1.54) is 7.11 Å². The number of carbonyl (C=O) groups excluding carboxylic acids is 1. The van der Waals surface area contributed by atoms with Crippen LogP contribution in [0.2, 0.25) is 0 Å². The Morgan fingerprint density at radius 3 is 2.54 bits per heavy atom. The van der Waals surface area contributed by atoms with Crippen LogP contribution < -0.4 is 5.32 Å². The van der Waals surface area contributed by atoms with Gasteiger partial charge in [0, 0.05) is 7.11 Å². The van der Waals surface area contributed by atoms with Gasteiger partial charge in [-0.1, -0.05) is 13.8 Å². The fraction of sp³-hybridized carbons (Fsp3) is 0.778. The van der Waals surface area contributed by atoms with Gasteiger partial charge in [0.15, 0.2) is 0 Å². The SMILES string of the molecule is COCC(=O)NC(C)(C#N)C(C)C. The fourth-order valence-electron chi connectivity index (χ4n) is 0.758. The summed E-state index contributed by atoms with van der Waals surface area (Å²) in [6.07, 6.45) is 0. The molecule has 0 aliphatic rings. The number of ether oxygens (including phenoxy) is 1. The molecule has 0 radical (unpaired) electrons. The van der Waals surface area contributed by atoms with Gasteiger partial charge >= 0.3 is 0 Å². The molecule has 4 nitrogen and oxygen atoms in total. The first-order valence-corrected chi connectivity index (χ1v) is 4.17. The van der Waals surface area contributed by atoms with Crippen molar-refractivity contribution in [1.82, 2.24) is 5.32 Å². The van der Waals surface area contributed by atoms with Gasteiger partial charge in [0.1, 0.15) is 12.1 Å². The van der Waals surface area contributed by atoms with Crippen LogP contribution in [0.4, 0.5) is 0 Å². The number of amides is 1. The molecule has 0 aliphatic heterocycles. The van der Waals surface area contributed by atoms with Crippen molar-refractivity contribution in [2.45, 2.75) is 26.3 Å². The topological polar surface area (TPSA) is 62.1 Å². The molecule has 0 aromatic carbocycles. The number of hydrogen-bond acceptors (Lipinski definition) is 3. The van der Waals surface area contributed by atoms with Gasteiger partial charge in [-0.25, -0.2) is 0 Å². The van der Waals surface area contributed by atoms with E-state index in [4.69, 9.17) is 5.26 Å². The third-order valence-electron chi connectivity index (χ3n) is 2.06. The molecular formula is C9H16N2O2. The van der Waals surface area contributed by atoms with Crippen molar-refractivity contribution in [3.8, 4) is 6.07 Å². The normalized spacial score (nSPS) is 14.8. The summed E-state index contributed by atoms with van der Waals surface area (Å²) in [5, 5.41) is 11.5. The van der Waals surface area contributed by atoms with Crippen molar-refractivity contribution in [2.75, 3.05) is 13.7 Å². The molecular weight excluding hydrogens is 168 g/mol. The van der Waals surface area contributed by atoms with Crippen LogP contribution in [0.1, 0.15) is 20.8 Å². The van der Waals surface area contributed by atoms with Crippen LogP contribution in [0, 0.1) is 17.2 Å². The van der Waals surface area contributed by atoms with Gasteiger partial charge in [0.05, 0.1) is 6.07 Å². The van der Waals surface area contributed by atoms with Crippen molar-refractivity contribution >= 4 is 5.91 Å². The van der Waals surface area contributed by atoms with Crippen LogP contribution in [0.5, 0.6) is 0 Å². The third-order valence-corrected chi connectivity index (χ3v) is 2.06. The van der Waals surface area contributed by atoms with E-state index in [1.807, 2.05) is 13.8 Å². The quantitative estimate of drug-likeness (QED) is 0.699. The molecule has 1 atom stereocenters.